The number of hydrogen-bond acceptors (Lipinski definition) is 6. The summed E-state index contributed by atoms with van der Waals surface area (Å²) in [5.74, 6) is 1.42. The molecule has 0 aliphatic carbocycles. The normalized spacial score (nSPS) is 17.8. The number of nitrogens with one attached hydrogen (secondary N) is 1. The van der Waals surface area contributed by atoms with Crippen LogP contribution in [0.1, 0.15) is 24.1 Å². The summed E-state index contributed by atoms with van der Waals surface area (Å²) in [6.07, 6.45) is 7.39. The lowest BCUT2D eigenvalue weighted by atomic mass is 10.1. The van der Waals surface area contributed by atoms with Gasteiger partial charge in [0.25, 0.3) is 0 Å². The van der Waals surface area contributed by atoms with E-state index < -0.39 is 0 Å². The Kier molecular flexibility index (Phi) is 4.23. The molecular formula is C18H22N6O. The average Bonchev–Trinajstić information content (AvgIpc) is 3.02. The van der Waals surface area contributed by atoms with Crippen molar-refractivity contribution in [2.24, 2.45) is 0 Å². The number of hydrogen-bond donors (Lipinski definition) is 2. The summed E-state index contributed by atoms with van der Waals surface area (Å²) in [6.45, 7) is 4.17. The first-order valence-corrected chi connectivity index (χ1v) is 8.61. The predicted molar refractivity (Wildman–Crippen MR) is 96.7 cm³/mol. The van der Waals surface area contributed by atoms with E-state index in [1.165, 1.54) is 5.56 Å². The molecule has 4 heterocycles. The second-order valence-corrected chi connectivity index (χ2v) is 6.54. The van der Waals surface area contributed by atoms with E-state index in [-0.39, 0.29) is 6.10 Å². The Morgan fingerprint density at radius 3 is 3.04 bits per heavy atom. The molecule has 0 amide bonds. The Balaban J connectivity index is 1.46. The largest absolute Gasteiger partial charge is 0.391 e. The number of nitrogens with zero attached hydrogens (tertiary/aromatic N) is 5. The van der Waals surface area contributed by atoms with E-state index >= 15 is 0 Å². The summed E-state index contributed by atoms with van der Waals surface area (Å²) < 4.78 is 2.03. The quantitative estimate of drug-likeness (QED) is 0.758. The lowest BCUT2D eigenvalue weighted by Gasteiger charge is -2.31. The third kappa shape index (κ3) is 3.56. The van der Waals surface area contributed by atoms with Gasteiger partial charge in [0, 0.05) is 31.7 Å². The summed E-state index contributed by atoms with van der Waals surface area (Å²) in [5.41, 5.74) is 3.07. The minimum Gasteiger partial charge on any atom is -0.391 e. The van der Waals surface area contributed by atoms with Crippen LogP contribution in [0.25, 0.3) is 5.65 Å². The van der Waals surface area contributed by atoms with Crippen molar-refractivity contribution in [3.8, 4) is 0 Å². The average molecular weight is 338 g/mol. The summed E-state index contributed by atoms with van der Waals surface area (Å²) in [5, 5.41) is 13.1. The van der Waals surface area contributed by atoms with Gasteiger partial charge in [-0.3, -0.25) is 0 Å². The van der Waals surface area contributed by atoms with Crippen LogP contribution in [-0.2, 0) is 6.54 Å². The van der Waals surface area contributed by atoms with Crippen LogP contribution in [0.15, 0.2) is 36.8 Å². The smallest absolute Gasteiger partial charge is 0.224 e. The number of imidazole rings is 1. The number of fused-ring (bicyclic) bond motifs is 1. The Morgan fingerprint density at radius 2 is 2.16 bits per heavy atom. The highest BCUT2D eigenvalue weighted by molar-refractivity contribution is 5.44. The molecule has 0 radical (unpaired) electrons. The fourth-order valence-electron chi connectivity index (χ4n) is 3.18. The highest BCUT2D eigenvalue weighted by Gasteiger charge is 2.19. The first kappa shape index (κ1) is 15.8. The van der Waals surface area contributed by atoms with Crippen molar-refractivity contribution in [3.05, 3.63) is 48.0 Å². The van der Waals surface area contributed by atoms with Gasteiger partial charge in [-0.05, 0) is 37.5 Å². The van der Waals surface area contributed by atoms with Crippen molar-refractivity contribution in [1.82, 2.24) is 19.4 Å². The zero-order valence-electron chi connectivity index (χ0n) is 14.3. The first-order chi connectivity index (χ1) is 12.2. The SMILES string of the molecule is Cc1ccc2nc(CNc3nccc(N4CCCC(O)C4)n3)cn2c1. The summed E-state index contributed by atoms with van der Waals surface area (Å²) in [7, 11) is 0. The number of aliphatic hydroxyl groups is 1. The zero-order chi connectivity index (χ0) is 17.2. The molecule has 0 bridgehead atoms. The van der Waals surface area contributed by atoms with Gasteiger partial charge in [0.15, 0.2) is 0 Å². The zero-order valence-corrected chi connectivity index (χ0v) is 14.3. The topological polar surface area (TPSA) is 78.6 Å². The second kappa shape index (κ2) is 6.68. The highest BCUT2D eigenvalue weighted by atomic mass is 16.3. The van der Waals surface area contributed by atoms with Crippen molar-refractivity contribution < 1.29 is 5.11 Å². The molecule has 2 N–H and O–H groups in total. The summed E-state index contributed by atoms with van der Waals surface area (Å²) in [4.78, 5) is 15.6. The Morgan fingerprint density at radius 1 is 1.24 bits per heavy atom. The molecule has 0 spiro atoms. The molecule has 3 aromatic heterocycles. The maximum atomic E-state index is 9.84. The Labute approximate surface area is 146 Å². The number of β-amino-alcohol motifs (C(OH)–C–C–N with tert-alkyl or cyclic N) is 1. The molecule has 130 valence electrons. The van der Waals surface area contributed by atoms with Crippen molar-refractivity contribution >= 4 is 17.4 Å². The van der Waals surface area contributed by atoms with E-state index in [0.29, 0.717) is 19.0 Å². The summed E-state index contributed by atoms with van der Waals surface area (Å²) >= 11 is 0. The molecule has 7 nitrogen and oxygen atoms in total. The number of aliphatic hydroxyl groups excluding tert-OH is 1. The van der Waals surface area contributed by atoms with Gasteiger partial charge in [-0.1, -0.05) is 6.07 Å². The van der Waals surface area contributed by atoms with Gasteiger partial charge in [0.1, 0.15) is 11.5 Å². The van der Waals surface area contributed by atoms with E-state index in [1.807, 2.05) is 22.7 Å². The maximum absolute atomic E-state index is 9.84. The van der Waals surface area contributed by atoms with E-state index in [1.54, 1.807) is 6.20 Å². The van der Waals surface area contributed by atoms with E-state index in [0.717, 1.165) is 36.5 Å². The molecular weight excluding hydrogens is 316 g/mol. The third-order valence-corrected chi connectivity index (χ3v) is 4.44. The van der Waals surface area contributed by atoms with Crippen LogP contribution in [0.2, 0.25) is 0 Å². The van der Waals surface area contributed by atoms with Crippen LogP contribution in [0.3, 0.4) is 0 Å². The standard InChI is InChI=1S/C18H22N6O/c1-13-4-5-16-21-14(11-24(16)10-13)9-20-18-19-7-6-17(22-18)23-8-2-3-15(25)12-23/h4-7,10-11,15,25H,2-3,8-9,12H2,1H3,(H,19,20,22). The van der Waals surface area contributed by atoms with Crippen LogP contribution in [-0.4, -0.2) is 43.7 Å². The van der Waals surface area contributed by atoms with Gasteiger partial charge in [0.05, 0.1) is 18.3 Å². The molecule has 1 fully saturated rings. The maximum Gasteiger partial charge on any atom is 0.224 e. The number of aryl methyl sites for hydroxylation is 1. The van der Waals surface area contributed by atoms with Crippen LogP contribution in [0.5, 0.6) is 0 Å². The van der Waals surface area contributed by atoms with Gasteiger partial charge in [-0.25, -0.2) is 9.97 Å². The number of aromatic nitrogens is 4. The minimum absolute atomic E-state index is 0.276. The molecule has 0 aromatic carbocycles. The molecule has 1 atom stereocenters. The predicted octanol–water partition coefficient (Wildman–Crippen LogP) is 2.01. The molecule has 25 heavy (non-hydrogen) atoms. The monoisotopic (exact) mass is 338 g/mol. The van der Waals surface area contributed by atoms with Crippen molar-refractivity contribution in [2.75, 3.05) is 23.3 Å². The fourth-order valence-corrected chi connectivity index (χ4v) is 3.18. The van der Waals surface area contributed by atoms with Crippen molar-refractivity contribution in [3.63, 3.8) is 0 Å². The van der Waals surface area contributed by atoms with Gasteiger partial charge >= 0.3 is 0 Å². The van der Waals surface area contributed by atoms with Crippen LogP contribution in [0.4, 0.5) is 11.8 Å². The minimum atomic E-state index is -0.276. The second-order valence-electron chi connectivity index (χ2n) is 6.54. The van der Waals surface area contributed by atoms with Crippen LogP contribution in [0, 0.1) is 6.92 Å². The molecule has 7 heteroatoms. The van der Waals surface area contributed by atoms with E-state index in [2.05, 4.69) is 44.4 Å². The van der Waals surface area contributed by atoms with Gasteiger partial charge in [-0.2, -0.15) is 4.98 Å². The molecule has 1 aliphatic rings. The number of pyridine rings is 1. The molecule has 1 saturated heterocycles. The van der Waals surface area contributed by atoms with Crippen LogP contribution >= 0.6 is 0 Å². The van der Waals surface area contributed by atoms with Gasteiger partial charge in [0.2, 0.25) is 5.95 Å². The lowest BCUT2D eigenvalue weighted by Crippen LogP contribution is -2.38. The number of anilines is 2. The number of piperidine rings is 1. The van der Waals surface area contributed by atoms with Crippen molar-refractivity contribution in [1.29, 1.82) is 0 Å². The fraction of sp³-hybridized carbons (Fsp3) is 0.389. The molecule has 4 rings (SSSR count). The van der Waals surface area contributed by atoms with E-state index in [4.69, 9.17) is 0 Å². The first-order valence-electron chi connectivity index (χ1n) is 8.61. The third-order valence-electron chi connectivity index (χ3n) is 4.44. The Hall–Kier alpha value is -2.67. The Bertz CT molecular complexity index is 877. The molecule has 1 aliphatic heterocycles. The lowest BCUT2D eigenvalue weighted by molar-refractivity contribution is 0.154. The highest BCUT2D eigenvalue weighted by Crippen LogP contribution is 2.18. The number of rotatable bonds is 4. The molecule has 3 aromatic rings. The molecule has 1 unspecified atom stereocenters. The van der Waals surface area contributed by atoms with Gasteiger partial charge in [-0.15, -0.1) is 0 Å². The van der Waals surface area contributed by atoms with Gasteiger partial charge < -0.3 is 19.7 Å². The summed E-state index contributed by atoms with van der Waals surface area (Å²) in [6, 6.07) is 5.95. The van der Waals surface area contributed by atoms with Crippen LogP contribution < -0.4 is 10.2 Å². The molecule has 0 saturated carbocycles. The van der Waals surface area contributed by atoms with Crippen molar-refractivity contribution in [2.45, 2.75) is 32.4 Å². The van der Waals surface area contributed by atoms with E-state index in [9.17, 15) is 5.11 Å².